The number of nitrogens with zero attached hydrogens (tertiary/aromatic N) is 1. The number of alkyl halides is 3. The Hall–Kier alpha value is -2.76. The maximum atomic E-state index is 13.2. The van der Waals surface area contributed by atoms with Crippen LogP contribution in [0.3, 0.4) is 0 Å². The molecule has 12 heteroatoms. The molecule has 1 N–H and O–H groups in total. The average Bonchev–Trinajstić information content (AvgIpc) is 3.39. The number of benzene rings is 1. The number of nitrogens with one attached hydrogen (secondary N) is 1. The van der Waals surface area contributed by atoms with Gasteiger partial charge in [-0.2, -0.15) is 17.5 Å². The number of hydrogen-bond donors (Lipinski definition) is 1. The van der Waals surface area contributed by atoms with Crippen LogP contribution in [0.1, 0.15) is 17.1 Å². The molecule has 3 aromatic rings. The van der Waals surface area contributed by atoms with Crippen LogP contribution in [0.4, 0.5) is 13.2 Å². The van der Waals surface area contributed by atoms with Crippen molar-refractivity contribution < 1.29 is 35.2 Å². The summed E-state index contributed by atoms with van der Waals surface area (Å²) >= 11 is 5.58. The molecule has 0 aliphatic heterocycles. The molecule has 7 nitrogen and oxygen atoms in total. The van der Waals surface area contributed by atoms with E-state index in [2.05, 4.69) is 5.32 Å². The van der Waals surface area contributed by atoms with Crippen molar-refractivity contribution in [2.24, 2.45) is 0 Å². The van der Waals surface area contributed by atoms with Gasteiger partial charge in [0, 0.05) is 0 Å². The molecule has 3 rings (SSSR count). The molecule has 0 bridgehead atoms. The van der Waals surface area contributed by atoms with E-state index in [0.29, 0.717) is 16.1 Å². The second-order valence-electron chi connectivity index (χ2n) is 6.35. The Kier molecular flexibility index (Phi) is 6.77. The van der Waals surface area contributed by atoms with Crippen LogP contribution in [-0.2, 0) is 34.1 Å². The second-order valence-corrected chi connectivity index (χ2v) is 8.69. The molecule has 0 atom stereocenters. The van der Waals surface area contributed by atoms with Gasteiger partial charge in [-0.05, 0) is 42.5 Å². The molecule has 0 aliphatic rings. The summed E-state index contributed by atoms with van der Waals surface area (Å²) < 4.78 is 76.7. The highest BCUT2D eigenvalue weighted by Gasteiger charge is 2.36. The van der Waals surface area contributed by atoms with Gasteiger partial charge >= 0.3 is 6.18 Å². The average molecular weight is 477 g/mol. The fourth-order valence-electron chi connectivity index (χ4n) is 2.65. The molecule has 2 heterocycles. The van der Waals surface area contributed by atoms with Gasteiger partial charge in [-0.25, -0.2) is 8.42 Å². The Labute approximate surface area is 180 Å². The zero-order chi connectivity index (χ0) is 22.6. The van der Waals surface area contributed by atoms with Gasteiger partial charge in [-0.3, -0.25) is 4.79 Å². The van der Waals surface area contributed by atoms with Gasteiger partial charge in [-0.1, -0.05) is 11.6 Å². The van der Waals surface area contributed by atoms with E-state index in [-0.39, 0.29) is 18.8 Å². The normalized spacial score (nSPS) is 12.3. The SMILES string of the molecule is O=C(CN(Cc1ccco1)S(=O)(=O)c1ccc(Cl)c(C(F)(F)F)c1)NCc1ccco1. The highest BCUT2D eigenvalue weighted by molar-refractivity contribution is 7.89. The first-order valence-electron chi connectivity index (χ1n) is 8.76. The summed E-state index contributed by atoms with van der Waals surface area (Å²) in [6.45, 7) is -1.01. The number of amides is 1. The van der Waals surface area contributed by atoms with E-state index in [0.717, 1.165) is 12.1 Å². The van der Waals surface area contributed by atoms with Gasteiger partial charge in [-0.15, -0.1) is 0 Å². The van der Waals surface area contributed by atoms with Crippen molar-refractivity contribution >= 4 is 27.5 Å². The number of halogens is 4. The summed E-state index contributed by atoms with van der Waals surface area (Å²) in [5.41, 5.74) is -1.30. The van der Waals surface area contributed by atoms with Crippen molar-refractivity contribution in [1.82, 2.24) is 9.62 Å². The number of carbonyl (C=O) groups excluding carboxylic acids is 1. The minimum Gasteiger partial charge on any atom is -0.468 e. The molecular weight excluding hydrogens is 461 g/mol. The maximum absolute atomic E-state index is 13.2. The maximum Gasteiger partial charge on any atom is 0.417 e. The third-order valence-corrected chi connectivity index (χ3v) is 6.27. The number of furan rings is 2. The smallest absolute Gasteiger partial charge is 0.417 e. The lowest BCUT2D eigenvalue weighted by Crippen LogP contribution is -2.40. The van der Waals surface area contributed by atoms with Gasteiger partial charge < -0.3 is 14.2 Å². The third-order valence-electron chi connectivity index (χ3n) is 4.15. The van der Waals surface area contributed by atoms with Crippen molar-refractivity contribution in [2.45, 2.75) is 24.2 Å². The van der Waals surface area contributed by atoms with Crippen LogP contribution in [0.5, 0.6) is 0 Å². The van der Waals surface area contributed by atoms with Gasteiger partial charge in [0.1, 0.15) is 11.5 Å². The lowest BCUT2D eigenvalue weighted by molar-refractivity contribution is -0.137. The van der Waals surface area contributed by atoms with Crippen molar-refractivity contribution in [3.05, 3.63) is 77.1 Å². The van der Waals surface area contributed by atoms with E-state index in [1.807, 2.05) is 0 Å². The first-order valence-corrected chi connectivity index (χ1v) is 10.6. The van der Waals surface area contributed by atoms with Crippen LogP contribution in [0.15, 0.2) is 68.7 Å². The van der Waals surface area contributed by atoms with Crippen molar-refractivity contribution in [2.75, 3.05) is 6.54 Å². The van der Waals surface area contributed by atoms with Crippen LogP contribution >= 0.6 is 11.6 Å². The van der Waals surface area contributed by atoms with Gasteiger partial charge in [0.2, 0.25) is 15.9 Å². The zero-order valence-electron chi connectivity index (χ0n) is 15.7. The molecular formula is C19H16ClF3N2O5S. The van der Waals surface area contributed by atoms with E-state index >= 15 is 0 Å². The quantitative estimate of drug-likeness (QED) is 0.529. The van der Waals surface area contributed by atoms with E-state index in [4.69, 9.17) is 20.4 Å². The van der Waals surface area contributed by atoms with Gasteiger partial charge in [0.15, 0.2) is 0 Å². The third kappa shape index (κ3) is 5.69. The Bertz CT molecular complexity index is 1130. The predicted octanol–water partition coefficient (Wildman–Crippen LogP) is 4.05. The Morgan fingerprint density at radius 1 is 1.06 bits per heavy atom. The van der Waals surface area contributed by atoms with E-state index < -0.39 is 44.1 Å². The van der Waals surface area contributed by atoms with E-state index in [1.54, 1.807) is 12.1 Å². The molecule has 2 aromatic heterocycles. The fourth-order valence-corrected chi connectivity index (χ4v) is 4.26. The Morgan fingerprint density at radius 3 is 2.29 bits per heavy atom. The van der Waals surface area contributed by atoms with Crippen molar-refractivity contribution in [1.29, 1.82) is 0 Å². The molecule has 0 unspecified atom stereocenters. The Balaban J connectivity index is 1.87. The first kappa shape index (κ1) is 22.9. The zero-order valence-corrected chi connectivity index (χ0v) is 17.3. The van der Waals surface area contributed by atoms with E-state index in [9.17, 15) is 26.4 Å². The van der Waals surface area contributed by atoms with Crippen molar-refractivity contribution in [3.8, 4) is 0 Å². The topological polar surface area (TPSA) is 92.8 Å². The molecule has 0 aliphatic carbocycles. The number of hydrogen-bond acceptors (Lipinski definition) is 5. The molecule has 0 radical (unpaired) electrons. The Morgan fingerprint density at radius 2 is 1.71 bits per heavy atom. The minimum atomic E-state index is -4.85. The number of carbonyl (C=O) groups is 1. The monoisotopic (exact) mass is 476 g/mol. The molecule has 1 amide bonds. The highest BCUT2D eigenvalue weighted by Crippen LogP contribution is 2.36. The molecule has 0 fully saturated rings. The van der Waals surface area contributed by atoms with Crippen LogP contribution in [0.2, 0.25) is 5.02 Å². The van der Waals surface area contributed by atoms with Gasteiger partial charge in [0.25, 0.3) is 0 Å². The minimum absolute atomic E-state index is 0.0135. The summed E-state index contributed by atoms with van der Waals surface area (Å²) in [5.74, 6) is -0.0368. The number of rotatable bonds is 8. The summed E-state index contributed by atoms with van der Waals surface area (Å²) in [4.78, 5) is 11.7. The van der Waals surface area contributed by atoms with Crippen LogP contribution in [0, 0.1) is 0 Å². The van der Waals surface area contributed by atoms with Crippen molar-refractivity contribution in [3.63, 3.8) is 0 Å². The standard InChI is InChI=1S/C19H16ClF3N2O5S/c20-17-6-5-15(9-16(17)19(21,22)23)31(27,28)25(11-14-4-2-8-30-14)12-18(26)24-10-13-3-1-7-29-13/h1-9H,10-12H2,(H,24,26). The molecule has 0 spiro atoms. The molecule has 0 saturated heterocycles. The summed E-state index contributed by atoms with van der Waals surface area (Å²) in [6.07, 6.45) is -2.13. The summed E-state index contributed by atoms with van der Waals surface area (Å²) in [7, 11) is -4.51. The molecule has 1 aromatic carbocycles. The lowest BCUT2D eigenvalue weighted by Gasteiger charge is -2.21. The van der Waals surface area contributed by atoms with Gasteiger partial charge in [0.05, 0.1) is 47.6 Å². The first-order chi connectivity index (χ1) is 14.6. The predicted molar refractivity (Wildman–Crippen MR) is 103 cm³/mol. The van der Waals surface area contributed by atoms with E-state index in [1.165, 1.54) is 24.7 Å². The largest absolute Gasteiger partial charge is 0.468 e. The van der Waals surface area contributed by atoms with Crippen LogP contribution in [0.25, 0.3) is 0 Å². The highest BCUT2D eigenvalue weighted by atomic mass is 35.5. The molecule has 166 valence electrons. The molecule has 0 saturated carbocycles. The fraction of sp³-hybridized carbons (Fsp3) is 0.211. The lowest BCUT2D eigenvalue weighted by atomic mass is 10.2. The van der Waals surface area contributed by atoms with Crippen LogP contribution < -0.4 is 5.32 Å². The summed E-state index contributed by atoms with van der Waals surface area (Å²) in [5, 5.41) is 1.85. The summed E-state index contributed by atoms with van der Waals surface area (Å²) in [6, 6.07) is 8.46. The second kappa shape index (κ2) is 9.16. The van der Waals surface area contributed by atoms with Crippen LogP contribution in [-0.4, -0.2) is 25.2 Å². The molecule has 31 heavy (non-hydrogen) atoms. The number of sulfonamides is 1.